The van der Waals surface area contributed by atoms with E-state index in [1.165, 1.54) is 6.08 Å². The summed E-state index contributed by atoms with van der Waals surface area (Å²) in [4.78, 5) is 12.6. The first-order chi connectivity index (χ1) is 6.61. The van der Waals surface area contributed by atoms with Crippen LogP contribution in [0.4, 0.5) is 0 Å². The van der Waals surface area contributed by atoms with Gasteiger partial charge >= 0.3 is 5.97 Å². The molecule has 0 aliphatic carbocycles. The molecule has 1 rings (SSSR count). The van der Waals surface area contributed by atoms with E-state index in [2.05, 4.69) is 18.7 Å². The monoisotopic (exact) mass is 215 g/mol. The molecule has 1 N–H and O–H groups in total. The van der Waals surface area contributed by atoms with E-state index < -0.39 is 5.97 Å². The number of carboxylic acid groups (broad SMARTS) is 1. The van der Waals surface area contributed by atoms with Crippen LogP contribution in [0.15, 0.2) is 12.2 Å². The highest BCUT2D eigenvalue weighted by molar-refractivity contribution is 8.00. The molecule has 3 nitrogen and oxygen atoms in total. The van der Waals surface area contributed by atoms with Gasteiger partial charge in [0.15, 0.2) is 0 Å². The van der Waals surface area contributed by atoms with Crippen LogP contribution in [0.3, 0.4) is 0 Å². The summed E-state index contributed by atoms with van der Waals surface area (Å²) in [7, 11) is 0. The predicted molar refractivity (Wildman–Crippen MR) is 59.7 cm³/mol. The summed E-state index contributed by atoms with van der Waals surface area (Å²) in [5.74, 6) is 0.281. The van der Waals surface area contributed by atoms with Crippen LogP contribution in [0.1, 0.15) is 13.8 Å². The van der Waals surface area contributed by atoms with Crippen LogP contribution in [0, 0.1) is 0 Å². The third kappa shape index (κ3) is 3.35. The van der Waals surface area contributed by atoms with Gasteiger partial charge in [0.25, 0.3) is 0 Å². The van der Waals surface area contributed by atoms with Crippen LogP contribution in [0.25, 0.3) is 0 Å². The molecule has 0 aromatic heterocycles. The smallest absolute Gasteiger partial charge is 0.328 e. The Labute approximate surface area is 89.2 Å². The predicted octanol–water partition coefficient (Wildman–Crippen LogP) is 1.45. The SMILES string of the molecule is CC1SCCN(C/C=C/C(=O)O)C1C. The van der Waals surface area contributed by atoms with Gasteiger partial charge in [-0.2, -0.15) is 11.8 Å². The highest BCUT2D eigenvalue weighted by atomic mass is 32.2. The number of aliphatic carboxylic acids is 1. The quantitative estimate of drug-likeness (QED) is 0.723. The second-order valence-corrected chi connectivity index (χ2v) is 5.04. The standard InChI is InChI=1S/C10H17NO2S/c1-8-9(2)14-7-6-11(8)5-3-4-10(12)13/h3-4,8-9H,5-7H2,1-2H3,(H,12,13)/b4-3+. The Kier molecular flexibility index (Phi) is 4.48. The fourth-order valence-corrected chi connectivity index (χ4v) is 2.70. The van der Waals surface area contributed by atoms with E-state index in [0.717, 1.165) is 18.8 Å². The van der Waals surface area contributed by atoms with Gasteiger partial charge in [-0.05, 0) is 6.92 Å². The topological polar surface area (TPSA) is 40.5 Å². The van der Waals surface area contributed by atoms with Crippen LogP contribution in [-0.2, 0) is 4.79 Å². The average molecular weight is 215 g/mol. The van der Waals surface area contributed by atoms with Crippen molar-refractivity contribution in [3.05, 3.63) is 12.2 Å². The Balaban J connectivity index is 2.39. The molecule has 2 unspecified atom stereocenters. The van der Waals surface area contributed by atoms with Gasteiger partial charge in [0.2, 0.25) is 0 Å². The minimum atomic E-state index is -0.864. The van der Waals surface area contributed by atoms with Gasteiger partial charge in [0.1, 0.15) is 0 Å². The molecule has 4 heteroatoms. The van der Waals surface area contributed by atoms with Crippen molar-refractivity contribution in [1.29, 1.82) is 0 Å². The van der Waals surface area contributed by atoms with E-state index in [4.69, 9.17) is 5.11 Å². The zero-order chi connectivity index (χ0) is 10.6. The second kappa shape index (κ2) is 5.41. The lowest BCUT2D eigenvalue weighted by Gasteiger charge is -2.36. The maximum Gasteiger partial charge on any atom is 0.328 e. The van der Waals surface area contributed by atoms with Crippen molar-refractivity contribution < 1.29 is 9.90 Å². The fraction of sp³-hybridized carbons (Fsp3) is 0.700. The Morgan fingerprint density at radius 2 is 2.36 bits per heavy atom. The van der Waals surface area contributed by atoms with Gasteiger partial charge < -0.3 is 5.11 Å². The van der Waals surface area contributed by atoms with E-state index in [1.807, 2.05) is 11.8 Å². The molecule has 1 saturated heterocycles. The molecule has 0 saturated carbocycles. The van der Waals surface area contributed by atoms with Gasteiger partial charge in [-0.3, -0.25) is 4.90 Å². The highest BCUT2D eigenvalue weighted by Crippen LogP contribution is 2.23. The molecule has 0 spiro atoms. The van der Waals surface area contributed by atoms with Crippen LogP contribution >= 0.6 is 11.8 Å². The number of thioether (sulfide) groups is 1. The van der Waals surface area contributed by atoms with Crippen molar-refractivity contribution in [3.8, 4) is 0 Å². The van der Waals surface area contributed by atoms with Crippen LogP contribution in [0.5, 0.6) is 0 Å². The van der Waals surface area contributed by atoms with Gasteiger partial charge in [-0.1, -0.05) is 13.0 Å². The maximum absolute atomic E-state index is 10.3. The molecule has 1 heterocycles. The molecule has 1 aliphatic heterocycles. The van der Waals surface area contributed by atoms with Crippen LogP contribution < -0.4 is 0 Å². The zero-order valence-electron chi connectivity index (χ0n) is 8.64. The summed E-state index contributed by atoms with van der Waals surface area (Å²) in [5, 5.41) is 9.09. The summed E-state index contributed by atoms with van der Waals surface area (Å²) in [6, 6.07) is 0.534. The summed E-state index contributed by atoms with van der Waals surface area (Å²) in [6.45, 7) is 6.23. The summed E-state index contributed by atoms with van der Waals surface area (Å²) >= 11 is 1.99. The maximum atomic E-state index is 10.3. The number of hydrogen-bond donors (Lipinski definition) is 1. The van der Waals surface area contributed by atoms with Crippen molar-refractivity contribution in [2.75, 3.05) is 18.8 Å². The first kappa shape index (κ1) is 11.6. The Morgan fingerprint density at radius 3 is 3.00 bits per heavy atom. The molecule has 14 heavy (non-hydrogen) atoms. The normalized spacial score (nSPS) is 29.6. The minimum absolute atomic E-state index is 0.534. The average Bonchev–Trinajstić information content (AvgIpc) is 2.12. The largest absolute Gasteiger partial charge is 0.478 e. The molecule has 0 aromatic carbocycles. The summed E-state index contributed by atoms with van der Waals surface area (Å²) in [5.41, 5.74) is 0. The number of nitrogens with zero attached hydrogens (tertiary/aromatic N) is 1. The fourth-order valence-electron chi connectivity index (χ4n) is 1.54. The van der Waals surface area contributed by atoms with Gasteiger partial charge in [0, 0.05) is 36.2 Å². The number of hydrogen-bond acceptors (Lipinski definition) is 3. The molecule has 0 radical (unpaired) electrons. The molecule has 0 aromatic rings. The van der Waals surface area contributed by atoms with E-state index >= 15 is 0 Å². The van der Waals surface area contributed by atoms with Gasteiger partial charge in [-0.15, -0.1) is 0 Å². The van der Waals surface area contributed by atoms with Crippen LogP contribution in [-0.4, -0.2) is 46.1 Å². The van der Waals surface area contributed by atoms with Crippen molar-refractivity contribution in [2.24, 2.45) is 0 Å². The highest BCUT2D eigenvalue weighted by Gasteiger charge is 2.23. The molecule has 2 atom stereocenters. The number of carboxylic acids is 1. The summed E-state index contributed by atoms with van der Waals surface area (Å²) < 4.78 is 0. The van der Waals surface area contributed by atoms with Crippen molar-refractivity contribution in [2.45, 2.75) is 25.1 Å². The molecular formula is C10H17NO2S. The van der Waals surface area contributed by atoms with E-state index in [0.29, 0.717) is 11.3 Å². The van der Waals surface area contributed by atoms with Crippen molar-refractivity contribution in [3.63, 3.8) is 0 Å². The lowest BCUT2D eigenvalue weighted by Crippen LogP contribution is -2.44. The molecule has 0 amide bonds. The third-order valence-electron chi connectivity index (χ3n) is 2.61. The van der Waals surface area contributed by atoms with E-state index in [1.54, 1.807) is 6.08 Å². The Morgan fingerprint density at radius 1 is 1.64 bits per heavy atom. The zero-order valence-corrected chi connectivity index (χ0v) is 9.46. The van der Waals surface area contributed by atoms with E-state index in [-0.39, 0.29) is 0 Å². The first-order valence-corrected chi connectivity index (χ1v) is 5.91. The third-order valence-corrected chi connectivity index (χ3v) is 3.95. The lowest BCUT2D eigenvalue weighted by molar-refractivity contribution is -0.131. The minimum Gasteiger partial charge on any atom is -0.478 e. The van der Waals surface area contributed by atoms with Gasteiger partial charge in [0.05, 0.1) is 0 Å². The van der Waals surface area contributed by atoms with Gasteiger partial charge in [-0.25, -0.2) is 4.79 Å². The molecule has 1 aliphatic rings. The Bertz CT molecular complexity index is 230. The van der Waals surface area contributed by atoms with Crippen molar-refractivity contribution in [1.82, 2.24) is 4.90 Å². The van der Waals surface area contributed by atoms with Crippen LogP contribution in [0.2, 0.25) is 0 Å². The number of rotatable bonds is 3. The molecule has 0 bridgehead atoms. The molecule has 80 valence electrons. The summed E-state index contributed by atoms with van der Waals surface area (Å²) in [6.07, 6.45) is 2.95. The van der Waals surface area contributed by atoms with Crippen molar-refractivity contribution >= 4 is 17.7 Å². The first-order valence-electron chi connectivity index (χ1n) is 4.86. The molecular weight excluding hydrogens is 198 g/mol. The lowest BCUT2D eigenvalue weighted by atomic mass is 10.2. The Hall–Kier alpha value is -0.480. The van der Waals surface area contributed by atoms with E-state index in [9.17, 15) is 4.79 Å². The molecule has 1 fully saturated rings. The second-order valence-electron chi connectivity index (χ2n) is 3.55. The number of carbonyl (C=O) groups is 1.